The van der Waals surface area contributed by atoms with Gasteiger partial charge in [0.05, 0.1) is 37.5 Å². The molecule has 0 aliphatic heterocycles. The van der Waals surface area contributed by atoms with Crippen LogP contribution in [0.25, 0.3) is 10.2 Å². The van der Waals surface area contributed by atoms with Gasteiger partial charge in [0.15, 0.2) is 4.80 Å². The maximum Gasteiger partial charge on any atom is 0.252 e. The Bertz CT molecular complexity index is 1100. The number of ether oxygens (including phenoxy) is 3. The van der Waals surface area contributed by atoms with Gasteiger partial charge in [0, 0.05) is 25.3 Å². The lowest BCUT2D eigenvalue weighted by Gasteiger charge is -2.09. The topological polar surface area (TPSA) is 62.1 Å². The maximum absolute atomic E-state index is 12.8. The zero-order valence-corrected chi connectivity index (χ0v) is 18.3. The first-order valence-corrected chi connectivity index (χ1v) is 10.2. The van der Waals surface area contributed by atoms with Crippen LogP contribution in [0.5, 0.6) is 11.5 Å². The van der Waals surface area contributed by atoms with Gasteiger partial charge in [0.25, 0.3) is 5.91 Å². The Labute approximate surface area is 174 Å². The lowest BCUT2D eigenvalue weighted by atomic mass is 10.1. The molecule has 0 atom stereocenters. The van der Waals surface area contributed by atoms with Crippen LogP contribution in [0.1, 0.15) is 16.7 Å². The SMILES string of the molecule is COCCn1c(=NC(=O)Cc2ccc(OC)cc2OC)sc2c(C)cc(C)cc21. The number of carbonyl (C=O) groups excluding carboxylic acids is 1. The molecule has 0 fully saturated rings. The number of methoxy groups -OCH3 is 3. The molecule has 0 saturated heterocycles. The largest absolute Gasteiger partial charge is 0.497 e. The Hall–Kier alpha value is -2.64. The van der Waals surface area contributed by atoms with Gasteiger partial charge in [-0.15, -0.1) is 0 Å². The van der Waals surface area contributed by atoms with Crippen LogP contribution in [0.4, 0.5) is 0 Å². The predicted octanol–water partition coefficient (Wildman–Crippen LogP) is 3.65. The number of fused-ring (bicyclic) bond motifs is 1. The summed E-state index contributed by atoms with van der Waals surface area (Å²) in [5.41, 5.74) is 4.22. The molecule has 3 aromatic rings. The molecule has 0 aliphatic rings. The lowest BCUT2D eigenvalue weighted by Crippen LogP contribution is -2.20. The van der Waals surface area contributed by atoms with Crippen molar-refractivity contribution >= 4 is 27.5 Å². The molecule has 29 heavy (non-hydrogen) atoms. The first-order valence-electron chi connectivity index (χ1n) is 9.34. The minimum Gasteiger partial charge on any atom is -0.497 e. The second-order valence-corrected chi connectivity index (χ2v) is 7.80. The summed E-state index contributed by atoms with van der Waals surface area (Å²) in [6.07, 6.45) is 0.156. The number of nitrogens with zero attached hydrogens (tertiary/aromatic N) is 2. The molecule has 1 heterocycles. The average molecular weight is 415 g/mol. The highest BCUT2D eigenvalue weighted by Gasteiger charge is 2.13. The van der Waals surface area contributed by atoms with Crippen LogP contribution in [-0.2, 0) is 22.5 Å². The number of aryl methyl sites for hydroxylation is 2. The van der Waals surface area contributed by atoms with Crippen molar-refractivity contribution in [1.82, 2.24) is 4.57 Å². The molecular formula is C22H26N2O4S. The fourth-order valence-electron chi connectivity index (χ4n) is 3.30. The van der Waals surface area contributed by atoms with Gasteiger partial charge in [-0.3, -0.25) is 4.79 Å². The summed E-state index contributed by atoms with van der Waals surface area (Å²) in [5, 5.41) is 0. The molecule has 3 rings (SSSR count). The van der Waals surface area contributed by atoms with Crippen LogP contribution in [0, 0.1) is 13.8 Å². The molecule has 0 aliphatic carbocycles. The first-order chi connectivity index (χ1) is 14.0. The third kappa shape index (κ3) is 4.68. The van der Waals surface area contributed by atoms with Gasteiger partial charge < -0.3 is 18.8 Å². The van der Waals surface area contributed by atoms with Crippen molar-refractivity contribution in [3.63, 3.8) is 0 Å². The molecule has 0 bridgehead atoms. The fourth-order valence-corrected chi connectivity index (χ4v) is 4.43. The van der Waals surface area contributed by atoms with Gasteiger partial charge in [0.1, 0.15) is 11.5 Å². The highest BCUT2D eigenvalue weighted by atomic mass is 32.1. The molecule has 0 saturated carbocycles. The van der Waals surface area contributed by atoms with Crippen molar-refractivity contribution < 1.29 is 19.0 Å². The van der Waals surface area contributed by atoms with Gasteiger partial charge in [-0.1, -0.05) is 23.5 Å². The van der Waals surface area contributed by atoms with Crippen LogP contribution in [0.2, 0.25) is 0 Å². The number of benzene rings is 2. The first kappa shape index (κ1) is 21.1. The Balaban J connectivity index is 2.01. The third-order valence-corrected chi connectivity index (χ3v) is 5.92. The predicted molar refractivity (Wildman–Crippen MR) is 115 cm³/mol. The standard InChI is InChI=1S/C22H26N2O4S/c1-14-10-15(2)21-18(11-14)24(8-9-26-3)22(29-21)23-20(25)12-16-6-7-17(27-4)13-19(16)28-5/h6-7,10-11,13H,8-9,12H2,1-5H3. The molecule has 0 spiro atoms. The Morgan fingerprint density at radius 1 is 1.10 bits per heavy atom. The molecule has 2 aromatic carbocycles. The highest BCUT2D eigenvalue weighted by Crippen LogP contribution is 2.26. The smallest absolute Gasteiger partial charge is 0.252 e. The molecule has 0 N–H and O–H groups in total. The van der Waals surface area contributed by atoms with Gasteiger partial charge in [-0.25, -0.2) is 0 Å². The van der Waals surface area contributed by atoms with Crippen LogP contribution in [0.15, 0.2) is 35.3 Å². The van der Waals surface area contributed by atoms with Crippen molar-refractivity contribution in [3.05, 3.63) is 51.8 Å². The van der Waals surface area contributed by atoms with E-state index >= 15 is 0 Å². The zero-order valence-electron chi connectivity index (χ0n) is 17.4. The molecule has 7 heteroatoms. The van der Waals surface area contributed by atoms with Gasteiger partial charge in [-0.2, -0.15) is 4.99 Å². The van der Waals surface area contributed by atoms with E-state index in [2.05, 4.69) is 35.5 Å². The van der Waals surface area contributed by atoms with E-state index in [0.717, 1.165) is 15.8 Å². The van der Waals surface area contributed by atoms with Crippen LogP contribution >= 0.6 is 11.3 Å². The van der Waals surface area contributed by atoms with Gasteiger partial charge in [0.2, 0.25) is 0 Å². The molecule has 1 aromatic heterocycles. The van der Waals surface area contributed by atoms with Crippen molar-refractivity contribution in [2.45, 2.75) is 26.8 Å². The van der Waals surface area contributed by atoms with Crippen molar-refractivity contribution in [2.75, 3.05) is 27.9 Å². The molecule has 0 radical (unpaired) electrons. The van der Waals surface area contributed by atoms with E-state index in [4.69, 9.17) is 14.2 Å². The highest BCUT2D eigenvalue weighted by molar-refractivity contribution is 7.16. The quantitative estimate of drug-likeness (QED) is 0.592. The van der Waals surface area contributed by atoms with Gasteiger partial charge in [-0.05, 0) is 37.1 Å². The number of hydrogen-bond acceptors (Lipinski definition) is 5. The number of hydrogen-bond donors (Lipinski definition) is 0. The minimum absolute atomic E-state index is 0.156. The molecule has 154 valence electrons. The summed E-state index contributed by atoms with van der Waals surface area (Å²) >= 11 is 1.53. The molecule has 1 amide bonds. The number of rotatable bonds is 7. The number of carbonyl (C=O) groups is 1. The lowest BCUT2D eigenvalue weighted by molar-refractivity contribution is -0.117. The number of amides is 1. The van der Waals surface area contributed by atoms with Crippen LogP contribution in [-0.4, -0.2) is 38.4 Å². The fraction of sp³-hybridized carbons (Fsp3) is 0.364. The van der Waals surface area contributed by atoms with E-state index < -0.39 is 0 Å². The van der Waals surface area contributed by atoms with Gasteiger partial charge >= 0.3 is 0 Å². The second-order valence-electron chi connectivity index (χ2n) is 6.82. The second kappa shape index (κ2) is 9.24. The van der Waals surface area contributed by atoms with Crippen LogP contribution in [0.3, 0.4) is 0 Å². The molecule has 6 nitrogen and oxygen atoms in total. The summed E-state index contributed by atoms with van der Waals surface area (Å²) in [5.74, 6) is 1.08. The third-order valence-electron chi connectivity index (χ3n) is 4.69. The zero-order chi connectivity index (χ0) is 21.0. The summed E-state index contributed by atoms with van der Waals surface area (Å²) < 4.78 is 19.1. The maximum atomic E-state index is 12.8. The molecular weight excluding hydrogens is 388 g/mol. The van der Waals surface area contributed by atoms with E-state index in [-0.39, 0.29) is 12.3 Å². The number of thiazole rings is 1. The van der Waals surface area contributed by atoms with E-state index in [1.807, 2.05) is 12.1 Å². The minimum atomic E-state index is -0.222. The van der Waals surface area contributed by atoms with Crippen LogP contribution < -0.4 is 14.3 Å². The molecule has 0 unspecified atom stereocenters. The Morgan fingerprint density at radius 3 is 2.59 bits per heavy atom. The summed E-state index contributed by atoms with van der Waals surface area (Å²) in [7, 11) is 4.85. The van der Waals surface area contributed by atoms with Crippen molar-refractivity contribution in [2.24, 2.45) is 4.99 Å². The summed E-state index contributed by atoms with van der Waals surface area (Å²) in [6, 6.07) is 9.70. The Morgan fingerprint density at radius 2 is 1.90 bits per heavy atom. The summed E-state index contributed by atoms with van der Waals surface area (Å²) in [4.78, 5) is 17.9. The summed E-state index contributed by atoms with van der Waals surface area (Å²) in [6.45, 7) is 5.34. The van der Waals surface area contributed by atoms with E-state index in [1.54, 1.807) is 27.4 Å². The normalized spacial score (nSPS) is 11.8. The van der Waals surface area contributed by atoms with Crippen molar-refractivity contribution in [1.29, 1.82) is 0 Å². The van der Waals surface area contributed by atoms with E-state index in [0.29, 0.717) is 29.5 Å². The van der Waals surface area contributed by atoms with E-state index in [9.17, 15) is 4.79 Å². The number of aromatic nitrogens is 1. The van der Waals surface area contributed by atoms with Crippen molar-refractivity contribution in [3.8, 4) is 11.5 Å². The Kier molecular flexibility index (Phi) is 6.71. The van der Waals surface area contributed by atoms with E-state index in [1.165, 1.54) is 22.5 Å². The average Bonchev–Trinajstić information content (AvgIpc) is 3.03. The monoisotopic (exact) mass is 414 g/mol.